The Bertz CT molecular complexity index is 506. The van der Waals surface area contributed by atoms with Gasteiger partial charge in [0.2, 0.25) is 0 Å². The second-order valence-electron chi connectivity index (χ2n) is 4.48. The molecular formula is C14H17F2NO4. The summed E-state index contributed by atoms with van der Waals surface area (Å²) in [5, 5.41) is 0. The van der Waals surface area contributed by atoms with E-state index in [4.69, 9.17) is 0 Å². The molecule has 0 N–H and O–H groups in total. The van der Waals surface area contributed by atoms with Gasteiger partial charge in [0.1, 0.15) is 12.3 Å². The van der Waals surface area contributed by atoms with Crippen LogP contribution in [0.3, 0.4) is 0 Å². The Morgan fingerprint density at radius 1 is 1.24 bits per heavy atom. The number of ether oxygens (including phenoxy) is 2. The molecular weight excluding hydrogens is 284 g/mol. The summed E-state index contributed by atoms with van der Waals surface area (Å²) in [6, 6.07) is 5.34. The fourth-order valence-electron chi connectivity index (χ4n) is 1.69. The Labute approximate surface area is 121 Å². The van der Waals surface area contributed by atoms with Gasteiger partial charge >= 0.3 is 12.6 Å². The summed E-state index contributed by atoms with van der Waals surface area (Å²) in [5.41, 5.74) is -0.0320. The number of hydrogen-bond acceptors (Lipinski definition) is 4. The van der Waals surface area contributed by atoms with Crippen LogP contribution in [0.15, 0.2) is 24.3 Å². The predicted octanol–water partition coefficient (Wildman–Crippen LogP) is 2.31. The molecule has 0 spiro atoms. The van der Waals surface area contributed by atoms with Gasteiger partial charge in [-0.25, -0.2) is 0 Å². The van der Waals surface area contributed by atoms with E-state index >= 15 is 0 Å². The number of halogens is 2. The Kier molecular flexibility index (Phi) is 6.08. The molecule has 21 heavy (non-hydrogen) atoms. The van der Waals surface area contributed by atoms with Gasteiger partial charge in [0, 0.05) is 6.04 Å². The van der Waals surface area contributed by atoms with Crippen molar-refractivity contribution in [1.29, 1.82) is 0 Å². The van der Waals surface area contributed by atoms with Crippen LogP contribution in [0.25, 0.3) is 0 Å². The van der Waals surface area contributed by atoms with Gasteiger partial charge in [0.15, 0.2) is 0 Å². The highest BCUT2D eigenvalue weighted by molar-refractivity contribution is 5.98. The summed E-state index contributed by atoms with van der Waals surface area (Å²) in [6.07, 6.45) is 0. The van der Waals surface area contributed by atoms with E-state index in [2.05, 4.69) is 9.47 Å². The summed E-state index contributed by atoms with van der Waals surface area (Å²) in [7, 11) is 1.21. The zero-order valence-electron chi connectivity index (χ0n) is 12.0. The zero-order valence-corrected chi connectivity index (χ0v) is 12.0. The number of rotatable bonds is 6. The maximum absolute atomic E-state index is 12.4. The van der Waals surface area contributed by atoms with Crippen LogP contribution in [0.5, 0.6) is 5.75 Å². The van der Waals surface area contributed by atoms with Crippen molar-refractivity contribution in [3.8, 4) is 5.75 Å². The van der Waals surface area contributed by atoms with E-state index in [0.29, 0.717) is 0 Å². The molecule has 5 nitrogen and oxygen atoms in total. The van der Waals surface area contributed by atoms with E-state index in [0.717, 1.165) is 0 Å². The second-order valence-corrected chi connectivity index (χ2v) is 4.48. The Balaban J connectivity index is 3.06. The van der Waals surface area contributed by atoms with Gasteiger partial charge < -0.3 is 14.4 Å². The van der Waals surface area contributed by atoms with Crippen molar-refractivity contribution in [3.05, 3.63) is 29.8 Å². The van der Waals surface area contributed by atoms with E-state index in [1.54, 1.807) is 13.8 Å². The van der Waals surface area contributed by atoms with Crippen LogP contribution < -0.4 is 4.74 Å². The number of esters is 1. The summed E-state index contributed by atoms with van der Waals surface area (Å²) >= 11 is 0. The number of carbonyl (C=O) groups excluding carboxylic acids is 2. The predicted molar refractivity (Wildman–Crippen MR) is 71.3 cm³/mol. The first-order chi connectivity index (χ1) is 9.86. The lowest BCUT2D eigenvalue weighted by Crippen LogP contribution is -2.41. The Hall–Kier alpha value is -2.18. The molecule has 0 saturated carbocycles. The lowest BCUT2D eigenvalue weighted by atomic mass is 10.1. The fraction of sp³-hybridized carbons (Fsp3) is 0.429. The summed E-state index contributed by atoms with van der Waals surface area (Å²) in [6.45, 7) is 0.109. The largest absolute Gasteiger partial charge is 0.468 e. The normalized spacial score (nSPS) is 10.6. The topological polar surface area (TPSA) is 55.8 Å². The lowest BCUT2D eigenvalue weighted by Gasteiger charge is -2.26. The summed E-state index contributed by atoms with van der Waals surface area (Å²) < 4.78 is 33.6. The molecule has 0 saturated heterocycles. The molecule has 0 aliphatic carbocycles. The molecule has 0 aromatic heterocycles. The molecule has 0 aliphatic heterocycles. The van der Waals surface area contributed by atoms with E-state index in [9.17, 15) is 18.4 Å². The minimum Gasteiger partial charge on any atom is -0.468 e. The van der Waals surface area contributed by atoms with Crippen LogP contribution in [0, 0.1) is 0 Å². The molecule has 1 amide bonds. The van der Waals surface area contributed by atoms with Crippen molar-refractivity contribution < 1.29 is 27.8 Å². The van der Waals surface area contributed by atoms with Crippen LogP contribution in [-0.4, -0.2) is 43.1 Å². The highest BCUT2D eigenvalue weighted by Gasteiger charge is 2.25. The molecule has 0 radical (unpaired) electrons. The van der Waals surface area contributed by atoms with Gasteiger partial charge in [-0.3, -0.25) is 9.59 Å². The van der Waals surface area contributed by atoms with Crippen LogP contribution in [0.4, 0.5) is 8.78 Å². The van der Waals surface area contributed by atoms with Gasteiger partial charge in [-0.1, -0.05) is 12.1 Å². The minimum atomic E-state index is -3.04. The van der Waals surface area contributed by atoms with Gasteiger partial charge in [-0.2, -0.15) is 8.78 Å². The van der Waals surface area contributed by atoms with Crippen LogP contribution in [0.1, 0.15) is 24.2 Å². The zero-order chi connectivity index (χ0) is 16.0. The maximum atomic E-state index is 12.4. The number of hydrogen-bond donors (Lipinski definition) is 0. The summed E-state index contributed by atoms with van der Waals surface area (Å²) in [5.74, 6) is -1.40. The second kappa shape index (κ2) is 7.56. The number of nitrogens with zero attached hydrogens (tertiary/aromatic N) is 1. The maximum Gasteiger partial charge on any atom is 0.387 e. The third-order valence-electron chi connectivity index (χ3n) is 2.74. The van der Waals surface area contributed by atoms with E-state index in [-0.39, 0.29) is 23.9 Å². The average Bonchev–Trinajstić information content (AvgIpc) is 2.43. The number of alkyl halides is 2. The highest BCUT2D eigenvalue weighted by Crippen LogP contribution is 2.22. The SMILES string of the molecule is COC(=O)CN(C(=O)c1ccccc1OC(F)F)C(C)C. The first kappa shape index (κ1) is 16.9. The molecule has 0 atom stereocenters. The van der Waals surface area contributed by atoms with Crippen molar-refractivity contribution in [2.24, 2.45) is 0 Å². The van der Waals surface area contributed by atoms with Gasteiger partial charge in [0.25, 0.3) is 5.91 Å². The van der Waals surface area contributed by atoms with Crippen molar-refractivity contribution in [1.82, 2.24) is 4.90 Å². The fourth-order valence-corrected chi connectivity index (χ4v) is 1.69. The number of benzene rings is 1. The molecule has 0 fully saturated rings. The van der Waals surface area contributed by atoms with E-state index < -0.39 is 18.5 Å². The Morgan fingerprint density at radius 2 is 1.86 bits per heavy atom. The number of methoxy groups -OCH3 is 1. The van der Waals surface area contributed by atoms with Gasteiger partial charge in [-0.15, -0.1) is 0 Å². The molecule has 0 heterocycles. The quantitative estimate of drug-likeness (QED) is 0.757. The molecule has 0 unspecified atom stereocenters. The highest BCUT2D eigenvalue weighted by atomic mass is 19.3. The monoisotopic (exact) mass is 301 g/mol. The average molecular weight is 301 g/mol. The van der Waals surface area contributed by atoms with Crippen molar-refractivity contribution in [2.45, 2.75) is 26.5 Å². The molecule has 0 aliphatic rings. The van der Waals surface area contributed by atoms with E-state index in [1.165, 1.54) is 36.3 Å². The smallest absolute Gasteiger partial charge is 0.387 e. The third-order valence-corrected chi connectivity index (χ3v) is 2.74. The number of amides is 1. The Morgan fingerprint density at radius 3 is 2.38 bits per heavy atom. The van der Waals surface area contributed by atoms with Crippen LogP contribution >= 0.6 is 0 Å². The molecule has 1 aromatic carbocycles. The summed E-state index contributed by atoms with van der Waals surface area (Å²) in [4.78, 5) is 25.0. The molecule has 7 heteroatoms. The minimum absolute atomic E-state index is 0.0320. The van der Waals surface area contributed by atoms with Crippen molar-refractivity contribution >= 4 is 11.9 Å². The van der Waals surface area contributed by atoms with Crippen molar-refractivity contribution in [2.75, 3.05) is 13.7 Å². The van der Waals surface area contributed by atoms with Crippen LogP contribution in [-0.2, 0) is 9.53 Å². The first-order valence-electron chi connectivity index (χ1n) is 6.28. The number of para-hydroxylation sites is 1. The van der Waals surface area contributed by atoms with Gasteiger partial charge in [-0.05, 0) is 26.0 Å². The molecule has 1 aromatic rings. The third kappa shape index (κ3) is 4.70. The van der Waals surface area contributed by atoms with E-state index in [1.807, 2.05) is 0 Å². The standard InChI is InChI=1S/C14H17F2NO4/c1-9(2)17(8-12(18)20-3)13(19)10-6-4-5-7-11(10)21-14(15)16/h4-7,9,14H,8H2,1-3H3. The van der Waals surface area contributed by atoms with Crippen molar-refractivity contribution in [3.63, 3.8) is 0 Å². The lowest BCUT2D eigenvalue weighted by molar-refractivity contribution is -0.141. The number of carbonyl (C=O) groups is 2. The van der Waals surface area contributed by atoms with Crippen LogP contribution in [0.2, 0.25) is 0 Å². The molecule has 116 valence electrons. The molecule has 1 rings (SSSR count). The van der Waals surface area contributed by atoms with Gasteiger partial charge in [0.05, 0.1) is 12.7 Å². The first-order valence-corrected chi connectivity index (χ1v) is 6.28. The molecule has 0 bridgehead atoms.